The molecule has 2 atom stereocenters. The van der Waals surface area contributed by atoms with Gasteiger partial charge in [-0.3, -0.25) is 4.55 Å². The van der Waals surface area contributed by atoms with Crippen molar-refractivity contribution >= 4 is 16.4 Å². The highest BCUT2D eigenvalue weighted by Gasteiger charge is 2.50. The number of aromatic nitrogens is 3. The predicted molar refractivity (Wildman–Crippen MR) is 72.4 cm³/mol. The summed E-state index contributed by atoms with van der Waals surface area (Å²) in [5.41, 5.74) is 0.361. The normalized spacial score (nSPS) is 24.0. The van der Waals surface area contributed by atoms with Crippen molar-refractivity contribution < 1.29 is 31.0 Å². The summed E-state index contributed by atoms with van der Waals surface area (Å²) in [5.74, 6) is -0.0772. The van der Waals surface area contributed by atoms with Crippen molar-refractivity contribution in [1.29, 1.82) is 0 Å². The quantitative estimate of drug-likeness (QED) is 0.743. The standard InChI is InChI=1S/C11H11N5O7S/c17-11-15-3-1-6(8(5-15)16(11)23-24(18,19)20)9-12-13-10(22-9)7-2-4-21-14-7/h2,4,6,8H,1,3,5H2,(H,18,19,20)/t6-,8+/m1/s1. The summed E-state index contributed by atoms with van der Waals surface area (Å²) >= 11 is 0. The average Bonchev–Trinajstić information content (AvgIpc) is 3.24. The van der Waals surface area contributed by atoms with Gasteiger partial charge in [-0.05, 0) is 6.42 Å². The Hall–Kier alpha value is -2.51. The topological polar surface area (TPSA) is 152 Å². The molecule has 2 aliphatic heterocycles. The van der Waals surface area contributed by atoms with Gasteiger partial charge in [0.1, 0.15) is 6.26 Å². The van der Waals surface area contributed by atoms with Crippen LogP contribution in [0.1, 0.15) is 18.2 Å². The van der Waals surface area contributed by atoms with Gasteiger partial charge in [0, 0.05) is 19.2 Å². The minimum Gasteiger partial charge on any atom is -0.419 e. The van der Waals surface area contributed by atoms with E-state index in [9.17, 15) is 13.2 Å². The lowest BCUT2D eigenvalue weighted by molar-refractivity contribution is -0.0392. The molecule has 24 heavy (non-hydrogen) atoms. The van der Waals surface area contributed by atoms with Crippen LogP contribution in [0.2, 0.25) is 0 Å². The Balaban J connectivity index is 1.63. The van der Waals surface area contributed by atoms with E-state index in [-0.39, 0.29) is 18.3 Å². The predicted octanol–water partition coefficient (Wildman–Crippen LogP) is 0.0525. The highest BCUT2D eigenvalue weighted by molar-refractivity contribution is 7.80. The highest BCUT2D eigenvalue weighted by atomic mass is 32.3. The zero-order valence-electron chi connectivity index (χ0n) is 12.0. The van der Waals surface area contributed by atoms with Gasteiger partial charge in [0.25, 0.3) is 5.89 Å². The second kappa shape index (κ2) is 5.25. The monoisotopic (exact) mass is 357 g/mol. The smallest absolute Gasteiger partial charge is 0.418 e. The SMILES string of the molecule is O=C1N2CC[C@@H](c3nnc(-c4ccon4)o3)[C@H](C2)N1OS(=O)(=O)O. The van der Waals surface area contributed by atoms with E-state index >= 15 is 0 Å². The number of carbonyl (C=O) groups excluding carboxylic acids is 1. The van der Waals surface area contributed by atoms with E-state index in [2.05, 4.69) is 19.6 Å². The number of nitrogens with zero attached hydrogens (tertiary/aromatic N) is 5. The second-order valence-corrected chi connectivity index (χ2v) is 6.35. The molecule has 2 aromatic heterocycles. The molecular weight excluding hydrogens is 346 g/mol. The van der Waals surface area contributed by atoms with Crippen LogP contribution in [0.4, 0.5) is 4.79 Å². The summed E-state index contributed by atoms with van der Waals surface area (Å²) < 4.78 is 45.5. The van der Waals surface area contributed by atoms with Crippen molar-refractivity contribution in [3.05, 3.63) is 18.2 Å². The van der Waals surface area contributed by atoms with Gasteiger partial charge in [-0.2, -0.15) is 13.5 Å². The van der Waals surface area contributed by atoms with Gasteiger partial charge in [-0.25, -0.2) is 4.79 Å². The Kier molecular flexibility index (Phi) is 3.29. The number of rotatable bonds is 4. The van der Waals surface area contributed by atoms with Crippen LogP contribution in [0.3, 0.4) is 0 Å². The first-order valence-corrected chi connectivity index (χ1v) is 8.28. The highest BCUT2D eigenvalue weighted by Crippen LogP contribution is 2.37. The number of urea groups is 1. The van der Waals surface area contributed by atoms with Gasteiger partial charge in [-0.15, -0.1) is 14.5 Å². The van der Waals surface area contributed by atoms with E-state index in [0.717, 1.165) is 0 Å². The van der Waals surface area contributed by atoms with E-state index in [1.807, 2.05) is 0 Å². The van der Waals surface area contributed by atoms with Crippen molar-refractivity contribution in [2.45, 2.75) is 18.4 Å². The summed E-state index contributed by atoms with van der Waals surface area (Å²) in [6.07, 6.45) is 1.83. The average molecular weight is 357 g/mol. The van der Waals surface area contributed by atoms with Crippen molar-refractivity contribution in [2.75, 3.05) is 13.1 Å². The maximum Gasteiger partial charge on any atom is 0.418 e. The van der Waals surface area contributed by atoms with Crippen LogP contribution in [-0.2, 0) is 14.7 Å². The third-order valence-electron chi connectivity index (χ3n) is 3.93. The van der Waals surface area contributed by atoms with Crippen LogP contribution in [0.15, 0.2) is 21.3 Å². The molecule has 0 saturated carbocycles. The van der Waals surface area contributed by atoms with Gasteiger partial charge in [0.2, 0.25) is 5.89 Å². The number of hydroxylamine groups is 2. The molecule has 13 heteroatoms. The molecule has 0 spiro atoms. The molecule has 0 radical (unpaired) electrons. The lowest BCUT2D eigenvalue weighted by atomic mass is 9.93. The minimum atomic E-state index is -4.83. The molecular formula is C11H11N5O7S. The molecule has 2 bridgehead atoms. The summed E-state index contributed by atoms with van der Waals surface area (Å²) in [4.78, 5) is 13.5. The molecule has 4 heterocycles. The molecule has 0 aliphatic carbocycles. The molecule has 2 aromatic rings. The molecule has 2 fully saturated rings. The van der Waals surface area contributed by atoms with E-state index in [1.165, 1.54) is 11.2 Å². The van der Waals surface area contributed by atoms with Gasteiger partial charge in [-0.1, -0.05) is 5.16 Å². The molecule has 2 saturated heterocycles. The number of hydrogen-bond donors (Lipinski definition) is 1. The molecule has 1 N–H and O–H groups in total. The first kappa shape index (κ1) is 15.0. The zero-order valence-corrected chi connectivity index (χ0v) is 12.8. The van der Waals surface area contributed by atoms with Crippen molar-refractivity contribution in [3.63, 3.8) is 0 Å². The number of hydrogen-bond acceptors (Lipinski definition) is 9. The largest absolute Gasteiger partial charge is 0.419 e. The fourth-order valence-electron chi connectivity index (χ4n) is 2.91. The summed E-state index contributed by atoms with van der Waals surface area (Å²) in [7, 11) is -4.83. The van der Waals surface area contributed by atoms with E-state index in [0.29, 0.717) is 23.7 Å². The van der Waals surface area contributed by atoms with Crippen LogP contribution in [0.25, 0.3) is 11.6 Å². The molecule has 128 valence electrons. The summed E-state index contributed by atoms with van der Waals surface area (Å²) in [6.45, 7) is 0.591. The number of carbonyl (C=O) groups is 1. The Morgan fingerprint density at radius 2 is 2.21 bits per heavy atom. The summed E-state index contributed by atoms with van der Waals surface area (Å²) in [5, 5.41) is 12.1. The fourth-order valence-corrected chi connectivity index (χ4v) is 3.29. The maximum absolute atomic E-state index is 12.1. The summed E-state index contributed by atoms with van der Waals surface area (Å²) in [6, 6.07) is 0.224. The third kappa shape index (κ3) is 2.51. The number of amides is 2. The van der Waals surface area contributed by atoms with E-state index in [4.69, 9.17) is 13.5 Å². The first-order valence-electron chi connectivity index (χ1n) is 6.91. The lowest BCUT2D eigenvalue weighted by Gasteiger charge is -2.27. The Labute approximate surface area is 134 Å². The van der Waals surface area contributed by atoms with E-state index < -0.39 is 28.4 Å². The Morgan fingerprint density at radius 1 is 1.38 bits per heavy atom. The van der Waals surface area contributed by atoms with Gasteiger partial charge >= 0.3 is 16.4 Å². The van der Waals surface area contributed by atoms with Crippen molar-refractivity contribution in [3.8, 4) is 11.6 Å². The van der Waals surface area contributed by atoms with Crippen LogP contribution >= 0.6 is 0 Å². The number of fused-ring (bicyclic) bond motifs is 2. The molecule has 0 unspecified atom stereocenters. The van der Waals surface area contributed by atoms with Crippen LogP contribution in [-0.4, -0.2) is 63.5 Å². The first-order chi connectivity index (χ1) is 11.4. The Morgan fingerprint density at radius 3 is 2.92 bits per heavy atom. The van der Waals surface area contributed by atoms with Crippen LogP contribution in [0.5, 0.6) is 0 Å². The molecule has 4 rings (SSSR count). The third-order valence-corrected chi connectivity index (χ3v) is 4.28. The van der Waals surface area contributed by atoms with Crippen molar-refractivity contribution in [2.24, 2.45) is 0 Å². The van der Waals surface area contributed by atoms with Gasteiger partial charge in [0.05, 0.1) is 12.0 Å². The molecule has 2 aliphatic rings. The second-order valence-electron chi connectivity index (χ2n) is 5.35. The molecule has 12 nitrogen and oxygen atoms in total. The van der Waals surface area contributed by atoms with Gasteiger partial charge in [0.15, 0.2) is 5.69 Å². The van der Waals surface area contributed by atoms with Crippen LogP contribution < -0.4 is 0 Å². The van der Waals surface area contributed by atoms with Crippen molar-refractivity contribution in [1.82, 2.24) is 25.3 Å². The van der Waals surface area contributed by atoms with Gasteiger partial charge < -0.3 is 13.8 Å². The molecule has 2 amide bonds. The minimum absolute atomic E-state index is 0.146. The Bertz CT molecular complexity index is 863. The maximum atomic E-state index is 12.1. The number of piperidine rings is 1. The zero-order chi connectivity index (χ0) is 16.9. The van der Waals surface area contributed by atoms with E-state index in [1.54, 1.807) is 6.07 Å². The molecule has 0 aromatic carbocycles. The van der Waals surface area contributed by atoms with Crippen LogP contribution in [0, 0.1) is 0 Å². The fraction of sp³-hybridized carbons (Fsp3) is 0.455. The lowest BCUT2D eigenvalue weighted by Crippen LogP contribution is -2.39.